The molecule has 0 bridgehead atoms. The highest BCUT2D eigenvalue weighted by molar-refractivity contribution is 5.91. The van der Waals surface area contributed by atoms with Gasteiger partial charge in [-0.15, -0.1) is 0 Å². The Labute approximate surface area is 844 Å². The van der Waals surface area contributed by atoms with E-state index in [0.717, 1.165) is 109 Å². The van der Waals surface area contributed by atoms with Gasteiger partial charge in [-0.05, 0) is 6.08 Å². The molecule has 0 aromatic rings. The molecule has 0 aliphatic heterocycles. The minimum atomic E-state index is -2.11. The van der Waals surface area contributed by atoms with Gasteiger partial charge in [0.15, 0.2) is 54.6 Å². The van der Waals surface area contributed by atoms with Crippen LogP contribution >= 0.6 is 0 Å². The van der Waals surface area contributed by atoms with Gasteiger partial charge in [0, 0.05) is 134 Å². The molecule has 0 aromatic carbocycles. The molecule has 14 atom stereocenters. The van der Waals surface area contributed by atoms with Crippen molar-refractivity contribution in [2.24, 2.45) is 11.8 Å². The summed E-state index contributed by atoms with van der Waals surface area (Å²) in [4.78, 5) is 291. The Morgan fingerprint density at radius 2 is 0.329 bits per heavy atom. The minimum absolute atomic E-state index is 0.0901. The summed E-state index contributed by atoms with van der Waals surface area (Å²) in [5.41, 5.74) is 0. The lowest BCUT2D eigenvalue weighted by Gasteiger charge is -2.31. The molecular formula is C92H104O57. The summed E-state index contributed by atoms with van der Waals surface area (Å²) in [6.45, 7) is 57.7. The van der Waals surface area contributed by atoms with Gasteiger partial charge in [0.1, 0.15) is 59.5 Å². The molecule has 57 heteroatoms. The first-order chi connectivity index (χ1) is 70.2. The van der Waals surface area contributed by atoms with Crippen LogP contribution in [0, 0.1) is 11.8 Å². The minimum Gasteiger partial charge on any atom is -0.462 e. The maximum absolute atomic E-state index is 11.7. The quantitative estimate of drug-likeness (QED) is 0.0209. The Balaban J connectivity index is -0.000000413. The van der Waals surface area contributed by atoms with E-state index in [-0.39, 0.29) is 32.0 Å². The number of carbonyl (C=O) groups excluding carboxylic acids is 20. The molecule has 0 radical (unpaired) electrons. The van der Waals surface area contributed by atoms with Gasteiger partial charge in [0.25, 0.3) is 12.6 Å². The number of esters is 19. The van der Waals surface area contributed by atoms with Crippen LogP contribution in [0.4, 0.5) is 28.8 Å². The van der Waals surface area contributed by atoms with Crippen molar-refractivity contribution in [3.05, 3.63) is 253 Å². The number of hydrogen-bond donors (Lipinski definition) is 6. The first-order valence-corrected chi connectivity index (χ1v) is 40.1. The van der Waals surface area contributed by atoms with Crippen molar-refractivity contribution < 1.29 is 274 Å². The fraction of sp³-hybridized carbons (Fsp3) is 0.283. The van der Waals surface area contributed by atoms with E-state index >= 15 is 0 Å². The van der Waals surface area contributed by atoms with Crippen LogP contribution < -0.4 is 0 Å². The van der Waals surface area contributed by atoms with Crippen molar-refractivity contribution in [3.8, 4) is 0 Å². The molecule has 0 aliphatic carbocycles. The fourth-order valence-electron chi connectivity index (χ4n) is 8.40. The zero-order valence-corrected chi connectivity index (χ0v) is 78.8. The average molecular weight is 2120 g/mol. The second-order valence-corrected chi connectivity index (χ2v) is 25.0. The van der Waals surface area contributed by atoms with Gasteiger partial charge >= 0.3 is 150 Å². The van der Waals surface area contributed by atoms with E-state index in [1.54, 1.807) is 0 Å². The van der Waals surface area contributed by atoms with E-state index in [1.165, 1.54) is 0 Å². The third-order valence-corrected chi connectivity index (χ3v) is 14.9. The van der Waals surface area contributed by atoms with E-state index in [0.29, 0.717) is 12.2 Å². The van der Waals surface area contributed by atoms with Crippen LogP contribution in [0.3, 0.4) is 0 Å². The number of ketones is 1. The number of hydrogen-bond acceptors (Lipinski definition) is 51. The van der Waals surface area contributed by atoms with Crippen LogP contribution in [0.1, 0.15) is 6.42 Å². The van der Waals surface area contributed by atoms with Crippen LogP contribution in [0.2, 0.25) is 0 Å². The topological polar surface area (TPSA) is 796 Å². The van der Waals surface area contributed by atoms with Crippen LogP contribution in [-0.4, -0.2) is 333 Å². The normalized spacial score (nSPS) is 12.3. The average Bonchev–Trinajstić information content (AvgIpc) is 0.825. The maximum Gasteiger partial charge on any atom is 0.509 e. The van der Waals surface area contributed by atoms with Crippen molar-refractivity contribution in [2.75, 3.05) is 72.7 Å². The Kier molecular flexibility index (Phi) is 78.6. The second-order valence-electron chi connectivity index (χ2n) is 25.0. The molecule has 0 spiro atoms. The standard InChI is InChI=1S/C18H20O11.C17H18O11.C16H20O8.2C14H16O9.C13H14O9/c1-5-13(19)25-9-11(27-14(20)6-2)17(29-16(22)8-4)12(10-26-18(23)24)28-15(21)7-3;1-5-11(18)24-9-10(25-12(19)6-2)15(26-13(20)7-3)16(28-17(22)23)27-14(21)8-4;1-4-13(17)7-11(8-22-14(18)5-2)12(10-24-16(20)21)9-23-15(19)6-3;1-4-11(15)20-7-9(22-12(16)5-2)10(8-21-14(18)19)23-13(17)6-3;1-4-11(15)20-7-9(22-13(17)6-3)10(23-14(18)19)8-21-12(16)5-2;1-4-9(14)19-7-8(20-10(15)5-2)12(22-13(17)18)21-11(16)6-3/h5-8,11-12,17H,1-4,9-10H2,(H,23,24);5-8,10,15-16H,1-4,9H2,(H,22,23);4-6,11-12H,1-3,7-10H2,(H,20,21);2*4-6,9-10H,1-3,7-8H2,(H,18,19);4-6,8,12H,1-3,7H2,(H,17,18). The van der Waals surface area contributed by atoms with Crippen LogP contribution in [0.5, 0.6) is 0 Å². The largest absolute Gasteiger partial charge is 0.509 e. The van der Waals surface area contributed by atoms with Gasteiger partial charge < -0.3 is 149 Å². The lowest BCUT2D eigenvalue weighted by Crippen LogP contribution is -2.49. The molecule has 0 aliphatic rings. The number of allylic oxidation sites excluding steroid dienone is 1. The molecular weight excluding hydrogens is 2020 g/mol. The first-order valence-electron chi connectivity index (χ1n) is 40.1. The van der Waals surface area contributed by atoms with Crippen LogP contribution in [0.25, 0.3) is 0 Å². The smallest absolute Gasteiger partial charge is 0.462 e. The summed E-state index contributed by atoms with van der Waals surface area (Å²) < 4.78 is 118. The summed E-state index contributed by atoms with van der Waals surface area (Å²) in [7, 11) is 0. The van der Waals surface area contributed by atoms with Gasteiger partial charge in [-0.25, -0.2) is 120 Å². The molecule has 0 aromatic heterocycles. The molecule has 0 saturated carbocycles. The lowest BCUT2D eigenvalue weighted by atomic mass is 9.89. The monoisotopic (exact) mass is 2120 g/mol. The summed E-state index contributed by atoms with van der Waals surface area (Å²) in [6, 6.07) is 0. The molecule has 149 heavy (non-hydrogen) atoms. The predicted molar refractivity (Wildman–Crippen MR) is 490 cm³/mol. The molecule has 0 rings (SSSR count). The van der Waals surface area contributed by atoms with Crippen LogP contribution in [0.15, 0.2) is 253 Å². The van der Waals surface area contributed by atoms with E-state index in [4.69, 9.17) is 106 Å². The van der Waals surface area contributed by atoms with Gasteiger partial charge in [0.05, 0.1) is 13.2 Å². The summed E-state index contributed by atoms with van der Waals surface area (Å²) in [6.07, 6.45) is -13.5. The summed E-state index contributed by atoms with van der Waals surface area (Å²) in [5, 5.41) is 52.0. The zero-order valence-electron chi connectivity index (χ0n) is 78.8. The predicted octanol–water partition coefficient (Wildman–Crippen LogP) is 4.66. The highest BCUT2D eigenvalue weighted by Gasteiger charge is 2.44. The molecule has 0 amide bonds. The molecule has 0 saturated heterocycles. The number of carboxylic acid groups (broad SMARTS) is 6. The van der Waals surface area contributed by atoms with E-state index < -0.39 is 289 Å². The molecule has 0 heterocycles. The maximum atomic E-state index is 11.7. The first kappa shape index (κ1) is 140. The van der Waals surface area contributed by atoms with Crippen molar-refractivity contribution in [2.45, 2.75) is 80.0 Å². The van der Waals surface area contributed by atoms with Crippen molar-refractivity contribution >= 4 is 156 Å². The Hall–Kier alpha value is -20.0. The summed E-state index contributed by atoms with van der Waals surface area (Å²) in [5.74, 6) is -19.5. The molecule has 57 nitrogen and oxygen atoms in total. The molecule has 0 fully saturated rings. The van der Waals surface area contributed by atoms with E-state index in [1.807, 2.05) is 0 Å². The second kappa shape index (κ2) is 83.8. The summed E-state index contributed by atoms with van der Waals surface area (Å²) >= 11 is 0. The third kappa shape index (κ3) is 72.9. The van der Waals surface area contributed by atoms with Crippen molar-refractivity contribution in [1.82, 2.24) is 0 Å². The Morgan fingerprint density at radius 3 is 0.591 bits per heavy atom. The highest BCUT2D eigenvalue weighted by Crippen LogP contribution is 2.23. The van der Waals surface area contributed by atoms with Gasteiger partial charge in [0.2, 0.25) is 12.2 Å². The third-order valence-electron chi connectivity index (χ3n) is 14.9. The van der Waals surface area contributed by atoms with Crippen molar-refractivity contribution in [3.63, 3.8) is 0 Å². The Bertz CT molecular complexity index is 4820. The van der Waals surface area contributed by atoms with Crippen LogP contribution in [-0.2, 0) is 214 Å². The zero-order chi connectivity index (χ0) is 115. The molecule has 6 N–H and O–H groups in total. The van der Waals surface area contributed by atoms with E-state index in [2.05, 4.69) is 174 Å². The molecule has 14 unspecified atom stereocenters. The lowest BCUT2D eigenvalue weighted by molar-refractivity contribution is -0.218. The number of carbonyl (C=O) groups is 26. The SMILES string of the molecule is C=CC(=O)CC(COC(=O)C=C)C(COC(=O)O)COC(=O)C=C.C=CC(=O)OCC(OC(=O)C=C)C(COC(=O)O)OC(=O)C=C.C=CC(=O)OCC(OC(=O)C=C)C(OC(=O)C=C)C(COC(=O)O)OC(=O)C=C.C=CC(=O)OCC(OC(=O)C=C)C(OC(=O)C=C)C(OC(=O)O)OC(=O)C=C.C=CC(=O)OCC(OC(=O)C=C)C(OC(=O)O)OC(=O)C=C.C=CC(=O)OCC(OC(=O)O)C(COC(=O)C=C)OC(=O)C=C. The fourth-order valence-corrected chi connectivity index (χ4v) is 8.40. The van der Waals surface area contributed by atoms with E-state index in [9.17, 15) is 125 Å². The van der Waals surface area contributed by atoms with Gasteiger partial charge in [-0.2, -0.15) is 0 Å². The highest BCUT2D eigenvalue weighted by atomic mass is 16.8. The van der Waals surface area contributed by atoms with Crippen molar-refractivity contribution in [1.29, 1.82) is 0 Å². The van der Waals surface area contributed by atoms with Gasteiger partial charge in [-0.1, -0.05) is 132 Å². The number of ether oxygens (including phenoxy) is 25. The number of rotatable bonds is 66. The Morgan fingerprint density at radius 1 is 0.154 bits per heavy atom. The van der Waals surface area contributed by atoms with Gasteiger partial charge in [-0.3, -0.25) is 4.79 Å². The molecule has 814 valence electrons.